The maximum atomic E-state index is 14.1. The number of H-pyrrole nitrogens is 1. The highest BCUT2D eigenvalue weighted by molar-refractivity contribution is 6.34. The number of aromatic amines is 1. The zero-order valence-corrected chi connectivity index (χ0v) is 23.6. The van der Waals surface area contributed by atoms with E-state index < -0.39 is 53.4 Å². The predicted molar refractivity (Wildman–Crippen MR) is 154 cm³/mol. The molecule has 0 bridgehead atoms. The molecule has 0 aliphatic heterocycles. The molecule has 44 heavy (non-hydrogen) atoms. The van der Waals surface area contributed by atoms with Gasteiger partial charge in [0.15, 0.2) is 17.5 Å². The van der Waals surface area contributed by atoms with Crippen LogP contribution in [0.2, 0.25) is 5.02 Å². The summed E-state index contributed by atoms with van der Waals surface area (Å²) in [7, 11) is 1.71. The van der Waals surface area contributed by atoms with Crippen LogP contribution in [0.15, 0.2) is 57.1 Å². The van der Waals surface area contributed by atoms with Crippen molar-refractivity contribution in [1.29, 1.82) is 0 Å². The number of aryl methyl sites for hydroxylation is 1. The van der Waals surface area contributed by atoms with Crippen molar-refractivity contribution in [1.82, 2.24) is 34.2 Å². The first-order valence-corrected chi connectivity index (χ1v) is 13.6. The molecule has 0 atom stereocenters. The Morgan fingerprint density at radius 3 is 2.48 bits per heavy atom. The van der Waals surface area contributed by atoms with Crippen LogP contribution < -0.4 is 27.6 Å². The number of benzene rings is 2. The molecule has 1 saturated carbocycles. The second-order valence-corrected chi connectivity index (χ2v) is 10.8. The fourth-order valence-corrected chi connectivity index (χ4v) is 4.82. The van der Waals surface area contributed by atoms with Gasteiger partial charge in [0.1, 0.15) is 0 Å². The lowest BCUT2D eigenvalue weighted by Gasteiger charge is -2.16. The summed E-state index contributed by atoms with van der Waals surface area (Å²) in [4.78, 5) is 58.5. The van der Waals surface area contributed by atoms with E-state index in [0.29, 0.717) is 27.6 Å². The van der Waals surface area contributed by atoms with Gasteiger partial charge in [0.2, 0.25) is 5.95 Å². The molecule has 5 aromatic rings. The van der Waals surface area contributed by atoms with Gasteiger partial charge >= 0.3 is 11.4 Å². The van der Waals surface area contributed by atoms with Gasteiger partial charge in [-0.1, -0.05) is 11.6 Å². The van der Waals surface area contributed by atoms with Gasteiger partial charge in [-0.15, -0.1) is 0 Å². The fraction of sp³-hybridized carbons (Fsp3) is 0.214. The Morgan fingerprint density at radius 2 is 1.77 bits per heavy atom. The largest absolute Gasteiger partial charge is 0.355 e. The van der Waals surface area contributed by atoms with Crippen LogP contribution in [0.25, 0.3) is 10.9 Å². The van der Waals surface area contributed by atoms with Gasteiger partial charge in [0.05, 0.1) is 34.9 Å². The minimum absolute atomic E-state index is 0.0467. The van der Waals surface area contributed by atoms with Crippen LogP contribution in [-0.2, 0) is 20.1 Å². The van der Waals surface area contributed by atoms with E-state index in [1.807, 2.05) is 0 Å². The minimum atomic E-state index is -1.69. The Hall–Kier alpha value is -5.18. The molecule has 1 amide bonds. The highest BCUT2D eigenvalue weighted by atomic mass is 35.5. The van der Waals surface area contributed by atoms with Crippen LogP contribution in [0.1, 0.15) is 34.3 Å². The number of anilines is 2. The van der Waals surface area contributed by atoms with Gasteiger partial charge in [-0.25, -0.2) is 27.3 Å². The molecule has 3 N–H and O–H groups in total. The molecule has 6 rings (SSSR count). The maximum Gasteiger partial charge on any atom is 0.355 e. The number of nitrogens with zero attached hydrogens (tertiary/aromatic N) is 5. The number of halogens is 4. The zero-order chi connectivity index (χ0) is 31.3. The summed E-state index contributed by atoms with van der Waals surface area (Å²) >= 11 is 6.42. The van der Waals surface area contributed by atoms with Crippen molar-refractivity contribution in [2.45, 2.75) is 32.0 Å². The molecule has 0 spiro atoms. The maximum absolute atomic E-state index is 14.1. The lowest BCUT2D eigenvalue weighted by Crippen LogP contribution is -2.43. The van der Waals surface area contributed by atoms with E-state index >= 15 is 0 Å². The normalized spacial score (nSPS) is 12.9. The number of hydrogen-bond donors (Lipinski definition) is 3. The number of rotatable bonds is 8. The van der Waals surface area contributed by atoms with E-state index in [4.69, 9.17) is 11.6 Å². The van der Waals surface area contributed by atoms with E-state index in [2.05, 4.69) is 25.7 Å². The second-order valence-electron chi connectivity index (χ2n) is 10.4. The zero-order valence-electron chi connectivity index (χ0n) is 22.8. The van der Waals surface area contributed by atoms with Crippen LogP contribution in [0.3, 0.4) is 0 Å². The van der Waals surface area contributed by atoms with Crippen molar-refractivity contribution < 1.29 is 18.0 Å². The summed E-state index contributed by atoms with van der Waals surface area (Å²) in [6.07, 6.45) is 4.60. The number of carbonyl (C=O) groups is 1. The van der Waals surface area contributed by atoms with Crippen LogP contribution >= 0.6 is 11.6 Å². The molecule has 226 valence electrons. The summed E-state index contributed by atoms with van der Waals surface area (Å²) < 4.78 is 44.9. The molecule has 1 aliphatic rings. The number of amides is 1. The van der Waals surface area contributed by atoms with Gasteiger partial charge < -0.3 is 15.6 Å². The highest BCUT2D eigenvalue weighted by Gasteiger charge is 2.24. The lowest BCUT2D eigenvalue weighted by molar-refractivity contribution is 0.0950. The van der Waals surface area contributed by atoms with Gasteiger partial charge in [-0.3, -0.25) is 18.8 Å². The van der Waals surface area contributed by atoms with E-state index in [9.17, 15) is 32.3 Å². The van der Waals surface area contributed by atoms with Crippen LogP contribution in [0, 0.1) is 17.5 Å². The van der Waals surface area contributed by atoms with E-state index in [0.717, 1.165) is 17.4 Å². The first kappa shape index (κ1) is 28.9. The van der Waals surface area contributed by atoms with Crippen molar-refractivity contribution in [3.63, 3.8) is 0 Å². The van der Waals surface area contributed by atoms with Crippen molar-refractivity contribution in [2.24, 2.45) is 7.05 Å². The molecule has 0 saturated heterocycles. The number of fused-ring (bicyclic) bond motifs is 1. The van der Waals surface area contributed by atoms with Gasteiger partial charge in [0, 0.05) is 36.4 Å². The van der Waals surface area contributed by atoms with E-state index in [1.54, 1.807) is 30.1 Å². The molecule has 1 aliphatic carbocycles. The molecule has 2 aromatic carbocycles. The number of pyridine rings is 1. The summed E-state index contributed by atoms with van der Waals surface area (Å²) in [5.74, 6) is -5.44. The lowest BCUT2D eigenvalue weighted by atomic mass is 10.2. The van der Waals surface area contributed by atoms with Crippen molar-refractivity contribution in [3.05, 3.63) is 113 Å². The smallest absolute Gasteiger partial charge is 0.349 e. The molecule has 3 aromatic heterocycles. The van der Waals surface area contributed by atoms with Crippen LogP contribution in [0.4, 0.5) is 24.8 Å². The quantitative estimate of drug-likeness (QED) is 0.224. The summed E-state index contributed by atoms with van der Waals surface area (Å²) in [6.45, 7) is -1.14. The van der Waals surface area contributed by atoms with Crippen molar-refractivity contribution in [3.8, 4) is 0 Å². The molecule has 0 radical (unpaired) electrons. The van der Waals surface area contributed by atoms with Gasteiger partial charge in [-0.05, 0) is 48.7 Å². The Labute approximate surface area is 249 Å². The molecule has 12 nitrogen and oxygen atoms in total. The fourth-order valence-electron chi connectivity index (χ4n) is 4.62. The van der Waals surface area contributed by atoms with Crippen molar-refractivity contribution in [2.75, 3.05) is 5.32 Å². The molecule has 0 unspecified atom stereocenters. The third kappa shape index (κ3) is 5.73. The highest BCUT2D eigenvalue weighted by Crippen LogP contribution is 2.29. The third-order valence-electron chi connectivity index (χ3n) is 6.97. The van der Waals surface area contributed by atoms with Crippen molar-refractivity contribution >= 4 is 40.0 Å². The summed E-state index contributed by atoms with van der Waals surface area (Å²) in [5, 5.41) is 10.7. The van der Waals surface area contributed by atoms with Gasteiger partial charge in [0.25, 0.3) is 11.5 Å². The monoisotopic (exact) mass is 626 g/mol. The first-order chi connectivity index (χ1) is 21.0. The van der Waals surface area contributed by atoms with E-state index in [-0.39, 0.29) is 39.4 Å². The first-order valence-electron chi connectivity index (χ1n) is 13.2. The molecule has 3 heterocycles. The molecular weight excluding hydrogens is 605 g/mol. The number of hydrogen-bond acceptors (Lipinski definition) is 7. The summed E-state index contributed by atoms with van der Waals surface area (Å²) in [6, 6.07) is 5.85. The molecule has 1 fully saturated rings. The topological polar surface area (TPSA) is 149 Å². The minimum Gasteiger partial charge on any atom is -0.349 e. The van der Waals surface area contributed by atoms with Gasteiger partial charge in [-0.2, -0.15) is 10.1 Å². The molecule has 16 heteroatoms. The number of nitrogens with one attached hydrogen (secondary N) is 3. The SMILES string of the molecule is Cn1cc2cc(Nc3nc(=O)n(Cc4cc(C(=O)NC5CC5)c[nH]c4=O)c(=O)n3Cc3cc(F)c(F)c(F)c3)c(Cl)cc2n1. The summed E-state index contributed by atoms with van der Waals surface area (Å²) in [5.41, 5.74) is -2.10. The Balaban J connectivity index is 1.44. The Morgan fingerprint density at radius 1 is 1.05 bits per heavy atom. The van der Waals surface area contributed by atoms with Crippen LogP contribution in [0.5, 0.6) is 0 Å². The Bertz CT molecular complexity index is 2130. The predicted octanol–water partition coefficient (Wildman–Crippen LogP) is 2.78. The third-order valence-corrected chi connectivity index (χ3v) is 7.28. The average molecular weight is 627 g/mol. The van der Waals surface area contributed by atoms with E-state index in [1.165, 1.54) is 12.3 Å². The molecular formula is C28H22ClF3N8O4. The Kier molecular flexibility index (Phi) is 7.33. The second kappa shape index (κ2) is 11.1. The standard InChI is InChI=1S/C28H22ClF3N8O4/c1-38-11-15-7-22(18(29)8-21(15)37-38)35-26-36-27(43)40(28(44)39(26)10-13-4-19(30)23(32)20(31)5-13)12-16-6-14(9-33-24(16)41)25(42)34-17-2-3-17/h4-9,11,17H,2-3,10,12H2,1H3,(H,33,41)(H,34,42)(H,35,36,43). The average Bonchev–Trinajstić information content (AvgIpc) is 3.71. The number of carbonyl (C=O) groups excluding carboxylic acids is 1. The van der Waals surface area contributed by atoms with Crippen LogP contribution in [-0.4, -0.2) is 40.8 Å². The number of aromatic nitrogens is 6.